The summed E-state index contributed by atoms with van der Waals surface area (Å²) in [5.41, 5.74) is -3.77. The second kappa shape index (κ2) is 7.57. The Morgan fingerprint density at radius 1 is 1.04 bits per heavy atom. The van der Waals surface area contributed by atoms with E-state index in [1.165, 1.54) is 0 Å². The van der Waals surface area contributed by atoms with Gasteiger partial charge in [-0.3, -0.25) is 0 Å². The molecule has 0 aliphatic rings. The summed E-state index contributed by atoms with van der Waals surface area (Å²) in [5, 5.41) is 4.62. The largest absolute Gasteiger partial charge is 0.433 e. The van der Waals surface area contributed by atoms with E-state index in [1.807, 2.05) is 5.32 Å². The summed E-state index contributed by atoms with van der Waals surface area (Å²) >= 11 is 0. The van der Waals surface area contributed by atoms with Crippen molar-refractivity contribution in [3.05, 3.63) is 41.3 Å². The van der Waals surface area contributed by atoms with Crippen LogP contribution >= 0.6 is 0 Å². The highest BCUT2D eigenvalue weighted by molar-refractivity contribution is 5.63. The monoisotopic (exact) mass is 396 g/mol. The molecule has 2 aromatic rings. The van der Waals surface area contributed by atoms with Crippen LogP contribution in [0.1, 0.15) is 31.5 Å². The Morgan fingerprint density at radius 2 is 1.70 bits per heavy atom. The lowest BCUT2D eigenvalue weighted by atomic mass is 10.1. The van der Waals surface area contributed by atoms with Crippen molar-refractivity contribution in [3.8, 4) is 0 Å². The molecule has 0 aliphatic carbocycles. The van der Waals surface area contributed by atoms with Crippen molar-refractivity contribution in [1.82, 2.24) is 9.97 Å². The van der Waals surface area contributed by atoms with Crippen LogP contribution in [0.2, 0.25) is 0 Å². The van der Waals surface area contributed by atoms with Gasteiger partial charge in [0.25, 0.3) is 0 Å². The van der Waals surface area contributed by atoms with Gasteiger partial charge in [-0.2, -0.15) is 31.3 Å². The molecule has 27 heavy (non-hydrogen) atoms. The molecule has 148 valence electrons. The first kappa shape index (κ1) is 20.7. The fourth-order valence-corrected chi connectivity index (χ4v) is 2.06. The highest BCUT2D eigenvalue weighted by Gasteiger charge is 2.36. The van der Waals surface area contributed by atoms with E-state index in [-0.39, 0.29) is 6.04 Å². The molecule has 11 heteroatoms. The highest BCUT2D eigenvalue weighted by atomic mass is 19.4. The van der Waals surface area contributed by atoms with E-state index in [0.717, 1.165) is 12.1 Å². The van der Waals surface area contributed by atoms with Crippen LogP contribution in [0, 0.1) is 5.82 Å². The lowest BCUT2D eigenvalue weighted by molar-refractivity contribution is -0.141. The van der Waals surface area contributed by atoms with Gasteiger partial charge >= 0.3 is 12.4 Å². The molecule has 1 aromatic heterocycles. The number of alkyl halides is 6. The van der Waals surface area contributed by atoms with E-state index in [4.69, 9.17) is 0 Å². The van der Waals surface area contributed by atoms with E-state index in [9.17, 15) is 30.7 Å². The molecular weight excluding hydrogens is 381 g/mol. The van der Waals surface area contributed by atoms with Crippen molar-refractivity contribution < 1.29 is 30.7 Å². The van der Waals surface area contributed by atoms with E-state index < -0.39 is 46.9 Å². The summed E-state index contributed by atoms with van der Waals surface area (Å²) in [4.78, 5) is 7.05. The van der Waals surface area contributed by atoms with Gasteiger partial charge in [-0.1, -0.05) is 13.0 Å². The number of hydrogen-bond acceptors (Lipinski definition) is 4. The van der Waals surface area contributed by atoms with Gasteiger partial charge in [-0.15, -0.1) is 0 Å². The predicted octanol–water partition coefficient (Wildman–Crippen LogP) is 5.61. The zero-order valence-electron chi connectivity index (χ0n) is 14.1. The summed E-state index contributed by atoms with van der Waals surface area (Å²) in [6.07, 6.45) is -9.25. The van der Waals surface area contributed by atoms with E-state index >= 15 is 0 Å². The van der Waals surface area contributed by atoms with Crippen molar-refractivity contribution >= 4 is 17.5 Å². The number of nitrogens with zero attached hydrogens (tertiary/aromatic N) is 2. The Balaban J connectivity index is 2.52. The first-order chi connectivity index (χ1) is 12.4. The topological polar surface area (TPSA) is 49.8 Å². The van der Waals surface area contributed by atoms with Gasteiger partial charge in [-0.25, -0.2) is 9.37 Å². The molecule has 0 saturated carbocycles. The first-order valence-corrected chi connectivity index (χ1v) is 7.77. The molecule has 0 bridgehead atoms. The minimum absolute atomic E-state index is 0.291. The Hall–Kier alpha value is -2.59. The molecular formula is C16H15F7N4. The normalized spacial score (nSPS) is 13.4. The first-order valence-electron chi connectivity index (χ1n) is 7.77. The number of benzene rings is 1. The van der Waals surface area contributed by atoms with Crippen LogP contribution < -0.4 is 10.6 Å². The van der Waals surface area contributed by atoms with Crippen molar-refractivity contribution in [1.29, 1.82) is 0 Å². The molecule has 0 spiro atoms. The van der Waals surface area contributed by atoms with Crippen LogP contribution in [0.4, 0.5) is 48.2 Å². The standard InChI is InChI=1S/C16H15F7N4/c1-3-8(2)24-14-25-11(16(21,22)23)7-12(27-14)26-13-9(15(18,19)20)5-4-6-10(13)17/h4-8H,3H2,1-2H3,(H2,24,25,26,27)/t8-/m0/s1. The Kier molecular flexibility index (Phi) is 5.81. The van der Waals surface area contributed by atoms with E-state index in [0.29, 0.717) is 18.6 Å². The zero-order valence-corrected chi connectivity index (χ0v) is 14.1. The summed E-state index contributed by atoms with van der Waals surface area (Å²) in [7, 11) is 0. The molecule has 1 heterocycles. The lowest BCUT2D eigenvalue weighted by Gasteiger charge is -2.17. The van der Waals surface area contributed by atoms with Gasteiger partial charge in [0.05, 0.1) is 11.3 Å². The van der Waals surface area contributed by atoms with Gasteiger partial charge in [0, 0.05) is 12.1 Å². The van der Waals surface area contributed by atoms with Gasteiger partial charge in [-0.05, 0) is 25.5 Å². The maximum Gasteiger partial charge on any atom is 0.433 e. The SMILES string of the molecule is CC[C@H](C)Nc1nc(Nc2c(F)cccc2C(F)(F)F)cc(C(F)(F)F)n1. The minimum atomic E-state index is -4.91. The quantitative estimate of drug-likeness (QED) is 0.646. The van der Waals surface area contributed by atoms with Crippen molar-refractivity contribution in [2.45, 2.75) is 38.7 Å². The highest BCUT2D eigenvalue weighted by Crippen LogP contribution is 2.38. The Bertz CT molecular complexity index is 802. The van der Waals surface area contributed by atoms with E-state index in [2.05, 4.69) is 15.3 Å². The summed E-state index contributed by atoms with van der Waals surface area (Å²) in [5.74, 6) is -2.35. The molecule has 1 atom stereocenters. The molecule has 4 nitrogen and oxygen atoms in total. The van der Waals surface area contributed by atoms with Crippen molar-refractivity contribution in [2.24, 2.45) is 0 Å². The summed E-state index contributed by atoms with van der Waals surface area (Å²) in [6.45, 7) is 3.43. The Morgan fingerprint density at radius 3 is 2.26 bits per heavy atom. The average Bonchev–Trinajstić information content (AvgIpc) is 2.54. The molecule has 1 aromatic carbocycles. The third kappa shape index (κ3) is 5.20. The average molecular weight is 396 g/mol. The van der Waals surface area contributed by atoms with Crippen molar-refractivity contribution in [2.75, 3.05) is 10.6 Å². The number of aromatic nitrogens is 2. The molecule has 0 unspecified atom stereocenters. The van der Waals surface area contributed by atoms with Crippen LogP contribution in [-0.2, 0) is 12.4 Å². The third-order valence-electron chi connectivity index (χ3n) is 3.58. The molecule has 0 aliphatic heterocycles. The number of halogens is 7. The lowest BCUT2D eigenvalue weighted by Crippen LogP contribution is -2.19. The number of nitrogens with one attached hydrogen (secondary N) is 2. The van der Waals surface area contributed by atoms with Crippen LogP contribution in [0.5, 0.6) is 0 Å². The van der Waals surface area contributed by atoms with Crippen LogP contribution in [-0.4, -0.2) is 16.0 Å². The second-order valence-corrected chi connectivity index (χ2v) is 5.70. The fourth-order valence-electron chi connectivity index (χ4n) is 2.06. The maximum atomic E-state index is 13.9. The summed E-state index contributed by atoms with van der Waals surface area (Å²) < 4.78 is 92.3. The van der Waals surface area contributed by atoms with Gasteiger partial charge in [0.1, 0.15) is 11.6 Å². The smallest absolute Gasteiger partial charge is 0.352 e. The van der Waals surface area contributed by atoms with Crippen molar-refractivity contribution in [3.63, 3.8) is 0 Å². The second-order valence-electron chi connectivity index (χ2n) is 5.70. The van der Waals surface area contributed by atoms with Crippen LogP contribution in [0.15, 0.2) is 24.3 Å². The number of hydrogen-bond donors (Lipinski definition) is 2. The minimum Gasteiger partial charge on any atom is -0.352 e. The summed E-state index contributed by atoms with van der Waals surface area (Å²) in [6, 6.07) is 2.33. The van der Waals surface area contributed by atoms with E-state index in [1.54, 1.807) is 13.8 Å². The molecule has 0 amide bonds. The Labute approximate surface area is 149 Å². The third-order valence-corrected chi connectivity index (χ3v) is 3.58. The number of rotatable bonds is 5. The molecule has 2 rings (SSSR count). The number of para-hydroxylation sites is 1. The number of anilines is 3. The van der Waals surface area contributed by atoms with Crippen LogP contribution in [0.3, 0.4) is 0 Å². The molecule has 0 saturated heterocycles. The maximum absolute atomic E-state index is 13.9. The van der Waals surface area contributed by atoms with Gasteiger partial charge in [0.2, 0.25) is 5.95 Å². The predicted molar refractivity (Wildman–Crippen MR) is 85.1 cm³/mol. The molecule has 0 fully saturated rings. The molecule has 2 N–H and O–H groups in total. The van der Waals surface area contributed by atoms with Crippen LogP contribution in [0.25, 0.3) is 0 Å². The van der Waals surface area contributed by atoms with Gasteiger partial charge < -0.3 is 10.6 Å². The zero-order chi connectivity index (χ0) is 20.4. The fraction of sp³-hybridized carbons (Fsp3) is 0.375. The molecule has 0 radical (unpaired) electrons. The van der Waals surface area contributed by atoms with Gasteiger partial charge in [0.15, 0.2) is 5.69 Å².